The molecular formula is C16H16Cl2N2. The minimum absolute atomic E-state index is 0. The van der Waals surface area contributed by atoms with Crippen LogP contribution in [0.15, 0.2) is 60.7 Å². The van der Waals surface area contributed by atoms with E-state index < -0.39 is 0 Å². The molecule has 20 heavy (non-hydrogen) atoms. The van der Waals surface area contributed by atoms with E-state index in [1.807, 2.05) is 60.7 Å². The fraction of sp³-hybridized carbons (Fsp3) is 0.0625. The Balaban J connectivity index is 0.00000200. The molecule has 0 atom stereocenters. The zero-order chi connectivity index (χ0) is 13.5. The van der Waals surface area contributed by atoms with Gasteiger partial charge in [-0.25, -0.2) is 0 Å². The molecule has 0 bridgehead atoms. The molecule has 2 N–H and O–H groups in total. The van der Waals surface area contributed by atoms with Crippen molar-refractivity contribution in [3.8, 4) is 0 Å². The molecule has 2 aromatic carbocycles. The van der Waals surface area contributed by atoms with Crippen molar-refractivity contribution in [1.82, 2.24) is 5.32 Å². The third-order valence-corrected chi connectivity index (χ3v) is 3.04. The van der Waals surface area contributed by atoms with Crippen LogP contribution in [0, 0.1) is 5.41 Å². The number of amidine groups is 1. The van der Waals surface area contributed by atoms with E-state index in [0.717, 1.165) is 16.1 Å². The molecule has 0 unspecified atom stereocenters. The molecular weight excluding hydrogens is 291 g/mol. The summed E-state index contributed by atoms with van der Waals surface area (Å²) in [5.74, 6) is 0.365. The van der Waals surface area contributed by atoms with Gasteiger partial charge in [0.2, 0.25) is 0 Å². The second kappa shape index (κ2) is 8.41. The van der Waals surface area contributed by atoms with Crippen LogP contribution in [-0.4, -0.2) is 5.84 Å². The third-order valence-electron chi connectivity index (χ3n) is 2.67. The Labute approximate surface area is 130 Å². The maximum absolute atomic E-state index is 7.82. The third kappa shape index (κ3) is 5.08. The summed E-state index contributed by atoms with van der Waals surface area (Å²) in [6.07, 6.45) is 3.65. The van der Waals surface area contributed by atoms with Crippen LogP contribution in [-0.2, 0) is 6.54 Å². The van der Waals surface area contributed by atoms with Crippen LogP contribution in [0.5, 0.6) is 0 Å². The fourth-order valence-corrected chi connectivity index (χ4v) is 1.84. The second-order valence-electron chi connectivity index (χ2n) is 4.10. The Morgan fingerprint density at radius 1 is 1.05 bits per heavy atom. The average molecular weight is 307 g/mol. The van der Waals surface area contributed by atoms with Crippen molar-refractivity contribution in [3.63, 3.8) is 0 Å². The maximum Gasteiger partial charge on any atom is 0.118 e. The van der Waals surface area contributed by atoms with Gasteiger partial charge in [-0.05, 0) is 23.3 Å². The molecule has 0 spiro atoms. The van der Waals surface area contributed by atoms with Gasteiger partial charge >= 0.3 is 0 Å². The highest BCUT2D eigenvalue weighted by Gasteiger charge is 1.98. The monoisotopic (exact) mass is 306 g/mol. The number of benzene rings is 2. The lowest BCUT2D eigenvalue weighted by atomic mass is 10.2. The first kappa shape index (κ1) is 16.3. The minimum atomic E-state index is 0. The van der Waals surface area contributed by atoms with Gasteiger partial charge in [-0.1, -0.05) is 66.2 Å². The Morgan fingerprint density at radius 3 is 2.40 bits per heavy atom. The lowest BCUT2D eigenvalue weighted by molar-refractivity contribution is 0.912. The van der Waals surface area contributed by atoms with Crippen molar-refractivity contribution in [3.05, 3.63) is 76.8 Å². The van der Waals surface area contributed by atoms with E-state index in [2.05, 4.69) is 5.32 Å². The molecule has 0 heterocycles. The number of hydrogen-bond donors (Lipinski definition) is 2. The summed E-state index contributed by atoms with van der Waals surface area (Å²) in [4.78, 5) is 0. The molecule has 0 saturated heterocycles. The van der Waals surface area contributed by atoms with E-state index >= 15 is 0 Å². The Hall–Kier alpha value is -1.77. The zero-order valence-electron chi connectivity index (χ0n) is 10.8. The molecule has 0 fully saturated rings. The Morgan fingerprint density at radius 2 is 1.70 bits per heavy atom. The highest BCUT2D eigenvalue weighted by molar-refractivity contribution is 6.31. The highest BCUT2D eigenvalue weighted by atomic mass is 35.5. The quantitative estimate of drug-likeness (QED) is 0.631. The molecule has 0 saturated carbocycles. The second-order valence-corrected chi connectivity index (χ2v) is 4.51. The Bertz CT molecular complexity index is 580. The van der Waals surface area contributed by atoms with Gasteiger partial charge in [-0.2, -0.15) is 0 Å². The highest BCUT2D eigenvalue weighted by Crippen LogP contribution is 2.14. The molecule has 0 aliphatic heterocycles. The number of nitrogens with one attached hydrogen (secondary N) is 2. The van der Waals surface area contributed by atoms with Gasteiger partial charge < -0.3 is 5.32 Å². The van der Waals surface area contributed by atoms with Crippen LogP contribution in [0.1, 0.15) is 11.1 Å². The van der Waals surface area contributed by atoms with Crippen LogP contribution in [0.4, 0.5) is 0 Å². The molecule has 104 valence electrons. The molecule has 2 aromatic rings. The van der Waals surface area contributed by atoms with Gasteiger partial charge in [-0.15, -0.1) is 12.4 Å². The van der Waals surface area contributed by atoms with Gasteiger partial charge in [0.05, 0.1) is 0 Å². The van der Waals surface area contributed by atoms with Crippen molar-refractivity contribution in [2.75, 3.05) is 0 Å². The minimum Gasteiger partial charge on any atom is -0.366 e. The normalized spacial score (nSPS) is 10.1. The lowest BCUT2D eigenvalue weighted by Crippen LogP contribution is -2.19. The molecule has 0 aliphatic carbocycles. The van der Waals surface area contributed by atoms with Crippen molar-refractivity contribution < 1.29 is 0 Å². The van der Waals surface area contributed by atoms with Crippen molar-refractivity contribution >= 4 is 35.9 Å². The smallest absolute Gasteiger partial charge is 0.118 e. The zero-order valence-corrected chi connectivity index (χ0v) is 12.4. The summed E-state index contributed by atoms with van der Waals surface area (Å²) in [5.41, 5.74) is 2.06. The largest absolute Gasteiger partial charge is 0.366 e. The first-order valence-electron chi connectivity index (χ1n) is 6.04. The van der Waals surface area contributed by atoms with Gasteiger partial charge in [0.1, 0.15) is 5.84 Å². The van der Waals surface area contributed by atoms with E-state index in [-0.39, 0.29) is 12.4 Å². The SMILES string of the molecule is Cl.N=C(/C=C/c1ccccc1)NCc1ccccc1Cl. The molecule has 0 aromatic heterocycles. The summed E-state index contributed by atoms with van der Waals surface area (Å²) in [5, 5.41) is 11.6. The predicted molar refractivity (Wildman–Crippen MR) is 88.7 cm³/mol. The average Bonchev–Trinajstić information content (AvgIpc) is 2.45. The van der Waals surface area contributed by atoms with Gasteiger partial charge in [0, 0.05) is 11.6 Å². The van der Waals surface area contributed by atoms with Gasteiger partial charge in [0.25, 0.3) is 0 Å². The molecule has 0 amide bonds. The summed E-state index contributed by atoms with van der Waals surface area (Å²) in [6.45, 7) is 0.553. The van der Waals surface area contributed by atoms with Crippen molar-refractivity contribution in [2.24, 2.45) is 0 Å². The fourth-order valence-electron chi connectivity index (χ4n) is 1.63. The Kier molecular flexibility index (Phi) is 6.85. The van der Waals surface area contributed by atoms with Crippen molar-refractivity contribution in [2.45, 2.75) is 6.54 Å². The first-order valence-corrected chi connectivity index (χ1v) is 6.42. The van der Waals surface area contributed by atoms with E-state index in [1.54, 1.807) is 6.08 Å². The van der Waals surface area contributed by atoms with Crippen LogP contribution in [0.2, 0.25) is 5.02 Å². The maximum atomic E-state index is 7.82. The predicted octanol–water partition coefficient (Wildman–Crippen LogP) is 4.54. The van der Waals surface area contributed by atoms with E-state index in [1.165, 1.54) is 0 Å². The van der Waals surface area contributed by atoms with Crippen LogP contribution < -0.4 is 5.32 Å². The lowest BCUT2D eigenvalue weighted by Gasteiger charge is -2.06. The molecule has 0 aliphatic rings. The summed E-state index contributed by atoms with van der Waals surface area (Å²) < 4.78 is 0. The van der Waals surface area contributed by atoms with Gasteiger partial charge in [-0.3, -0.25) is 5.41 Å². The number of rotatable bonds is 4. The molecule has 2 rings (SSSR count). The molecule has 0 radical (unpaired) electrons. The van der Waals surface area contributed by atoms with Crippen LogP contribution >= 0.6 is 24.0 Å². The van der Waals surface area contributed by atoms with E-state index in [9.17, 15) is 0 Å². The van der Waals surface area contributed by atoms with Crippen molar-refractivity contribution in [1.29, 1.82) is 5.41 Å². The van der Waals surface area contributed by atoms with E-state index in [0.29, 0.717) is 12.4 Å². The summed E-state index contributed by atoms with van der Waals surface area (Å²) in [6, 6.07) is 17.5. The number of halogens is 2. The van der Waals surface area contributed by atoms with Gasteiger partial charge in [0.15, 0.2) is 0 Å². The van der Waals surface area contributed by atoms with Crippen LogP contribution in [0.25, 0.3) is 6.08 Å². The molecule has 4 heteroatoms. The van der Waals surface area contributed by atoms with E-state index in [4.69, 9.17) is 17.0 Å². The standard InChI is InChI=1S/C16H15ClN2.ClH/c17-15-9-5-4-8-14(15)12-19-16(18)11-10-13-6-2-1-3-7-13;/h1-11H,12H2,(H2,18,19);1H/b11-10+;. The molecule has 2 nitrogen and oxygen atoms in total. The van der Waals surface area contributed by atoms with Crippen LogP contribution in [0.3, 0.4) is 0 Å². The topological polar surface area (TPSA) is 35.9 Å². The first-order chi connectivity index (χ1) is 9.25. The number of hydrogen-bond acceptors (Lipinski definition) is 1. The summed E-state index contributed by atoms with van der Waals surface area (Å²) in [7, 11) is 0. The summed E-state index contributed by atoms with van der Waals surface area (Å²) >= 11 is 6.05.